The van der Waals surface area contributed by atoms with E-state index in [0.717, 1.165) is 29.6 Å². The van der Waals surface area contributed by atoms with Crippen LogP contribution in [0.25, 0.3) is 17.1 Å². The Hall–Kier alpha value is -3.69. The molecule has 0 radical (unpaired) electrons. The van der Waals surface area contributed by atoms with Crippen LogP contribution in [0.5, 0.6) is 5.75 Å². The van der Waals surface area contributed by atoms with Gasteiger partial charge in [-0.05, 0) is 56.2 Å². The Morgan fingerprint density at radius 1 is 1.09 bits per heavy atom. The predicted octanol–water partition coefficient (Wildman–Crippen LogP) is 5.22. The number of methoxy groups -OCH3 is 1. The Morgan fingerprint density at radius 3 is 2.47 bits per heavy atom. The molecule has 0 aliphatic heterocycles. The lowest BCUT2D eigenvalue weighted by molar-refractivity contribution is -0.137. The molecule has 0 spiro atoms. The summed E-state index contributed by atoms with van der Waals surface area (Å²) in [4.78, 5) is 8.87. The summed E-state index contributed by atoms with van der Waals surface area (Å²) in [6.07, 6.45) is -0.0336. The number of hydrogen-bond donors (Lipinski definition) is 0. The molecule has 0 N–H and O–H groups in total. The lowest BCUT2D eigenvalue weighted by Gasteiger charge is -2.17. The summed E-state index contributed by atoms with van der Waals surface area (Å²) >= 11 is 0. The normalized spacial score (nSPS) is 14.9. The Morgan fingerprint density at radius 2 is 1.85 bits per heavy atom. The van der Waals surface area contributed by atoms with Gasteiger partial charge < -0.3 is 9.30 Å². The highest BCUT2D eigenvalue weighted by Crippen LogP contribution is 2.54. The van der Waals surface area contributed by atoms with Gasteiger partial charge in [-0.2, -0.15) is 18.3 Å². The lowest BCUT2D eigenvalue weighted by atomic mass is 9.92. The van der Waals surface area contributed by atoms with Crippen LogP contribution < -0.4 is 4.74 Å². The highest BCUT2D eigenvalue weighted by atomic mass is 19.4. The van der Waals surface area contributed by atoms with Crippen molar-refractivity contribution < 1.29 is 22.3 Å². The second kappa shape index (κ2) is 7.68. The molecule has 2 aromatic heterocycles. The Labute approximate surface area is 192 Å². The summed E-state index contributed by atoms with van der Waals surface area (Å²) in [6, 6.07) is 7.99. The van der Waals surface area contributed by atoms with E-state index in [-0.39, 0.29) is 5.56 Å². The van der Waals surface area contributed by atoms with Gasteiger partial charge in [0.1, 0.15) is 17.4 Å². The van der Waals surface area contributed by atoms with Crippen molar-refractivity contribution in [2.75, 3.05) is 7.11 Å². The maximum atomic E-state index is 14.7. The third kappa shape index (κ3) is 3.63. The molecule has 34 heavy (non-hydrogen) atoms. The van der Waals surface area contributed by atoms with E-state index >= 15 is 0 Å². The van der Waals surface area contributed by atoms with Crippen LogP contribution in [0.3, 0.4) is 0 Å². The van der Waals surface area contributed by atoms with Gasteiger partial charge in [0.15, 0.2) is 5.82 Å². The molecule has 0 amide bonds. The highest BCUT2D eigenvalue weighted by molar-refractivity contribution is 5.63. The van der Waals surface area contributed by atoms with Gasteiger partial charge in [0.05, 0.1) is 35.8 Å². The zero-order valence-corrected chi connectivity index (χ0v) is 18.7. The molecule has 1 fully saturated rings. The van der Waals surface area contributed by atoms with Crippen LogP contribution in [0.4, 0.5) is 17.6 Å². The first-order valence-electron chi connectivity index (χ1n) is 10.6. The van der Waals surface area contributed by atoms with E-state index in [1.807, 2.05) is 29.8 Å². The van der Waals surface area contributed by atoms with Gasteiger partial charge in [-0.3, -0.25) is 4.68 Å². The molecule has 0 saturated heterocycles. The van der Waals surface area contributed by atoms with Crippen molar-refractivity contribution in [2.45, 2.75) is 31.4 Å². The Kier molecular flexibility index (Phi) is 5.00. The number of alkyl halides is 3. The summed E-state index contributed by atoms with van der Waals surface area (Å²) < 4.78 is 63.4. The summed E-state index contributed by atoms with van der Waals surface area (Å²) in [5, 5.41) is 4.48. The Balaban J connectivity index is 1.55. The van der Waals surface area contributed by atoms with E-state index in [0.29, 0.717) is 35.8 Å². The first-order chi connectivity index (χ1) is 16.1. The minimum atomic E-state index is -4.56. The smallest absolute Gasteiger partial charge is 0.416 e. The molecule has 5 rings (SSSR count). The topological polar surface area (TPSA) is 57.8 Å². The number of aryl methyl sites for hydroxylation is 2. The molecule has 2 heterocycles. The zero-order chi connectivity index (χ0) is 24.3. The van der Waals surface area contributed by atoms with Crippen LogP contribution in [0.2, 0.25) is 0 Å². The number of nitrogens with zero attached hydrogens (tertiary/aromatic N) is 5. The van der Waals surface area contributed by atoms with Gasteiger partial charge in [0, 0.05) is 24.4 Å². The number of benzene rings is 2. The average Bonchev–Trinajstić information content (AvgIpc) is 3.32. The Bertz CT molecular complexity index is 1380. The molecule has 0 bridgehead atoms. The number of imidazole rings is 1. The van der Waals surface area contributed by atoms with Crippen molar-refractivity contribution in [3.05, 3.63) is 77.4 Å². The molecular formula is C24H21F4N5O. The first-order valence-corrected chi connectivity index (χ1v) is 10.6. The van der Waals surface area contributed by atoms with E-state index in [1.54, 1.807) is 26.6 Å². The average molecular weight is 471 g/mol. The van der Waals surface area contributed by atoms with Crippen molar-refractivity contribution in [1.29, 1.82) is 0 Å². The van der Waals surface area contributed by atoms with E-state index in [9.17, 15) is 17.6 Å². The highest BCUT2D eigenvalue weighted by Gasteiger charge is 2.52. The van der Waals surface area contributed by atoms with Crippen LogP contribution in [0.1, 0.15) is 35.5 Å². The molecule has 1 aliphatic carbocycles. The first kappa shape index (κ1) is 22.1. The van der Waals surface area contributed by atoms with E-state index < -0.39 is 23.0 Å². The lowest BCUT2D eigenvalue weighted by Crippen LogP contribution is -2.18. The standard InChI is InChI=1S/C24H21F4N5O/c1-14-12-33(13-29-14)19-7-4-15(10-20(19)34-3)21-30-22(32(2)31-21)23(8-9-23)17-11-16(24(26,27)28)5-6-18(17)25/h4-7,10-13H,8-9H2,1-3H3. The number of rotatable bonds is 5. The van der Waals surface area contributed by atoms with E-state index in [4.69, 9.17) is 4.74 Å². The summed E-state index contributed by atoms with van der Waals surface area (Å²) in [5.74, 6) is 0.697. The third-order valence-electron chi connectivity index (χ3n) is 6.18. The molecule has 1 saturated carbocycles. The van der Waals surface area contributed by atoms with Gasteiger partial charge in [-0.15, -0.1) is 0 Å². The molecule has 176 valence electrons. The second-order valence-electron chi connectivity index (χ2n) is 8.47. The molecule has 2 aromatic carbocycles. The zero-order valence-electron chi connectivity index (χ0n) is 18.7. The number of aromatic nitrogens is 5. The maximum absolute atomic E-state index is 14.7. The van der Waals surface area contributed by atoms with Crippen molar-refractivity contribution in [3.63, 3.8) is 0 Å². The molecule has 6 nitrogen and oxygen atoms in total. The van der Waals surface area contributed by atoms with E-state index in [1.165, 1.54) is 4.68 Å². The molecule has 4 aromatic rings. The largest absolute Gasteiger partial charge is 0.495 e. The quantitative estimate of drug-likeness (QED) is 0.375. The van der Waals surface area contributed by atoms with Gasteiger partial charge in [-0.1, -0.05) is 0 Å². The van der Waals surface area contributed by atoms with Crippen molar-refractivity contribution in [1.82, 2.24) is 24.3 Å². The molecule has 1 aliphatic rings. The maximum Gasteiger partial charge on any atom is 0.416 e. The van der Waals surface area contributed by atoms with Gasteiger partial charge in [-0.25, -0.2) is 14.4 Å². The van der Waals surface area contributed by atoms with Crippen LogP contribution >= 0.6 is 0 Å². The van der Waals surface area contributed by atoms with Crippen LogP contribution in [0, 0.1) is 12.7 Å². The second-order valence-corrected chi connectivity index (χ2v) is 8.47. The fourth-order valence-corrected chi connectivity index (χ4v) is 4.31. The van der Waals surface area contributed by atoms with Crippen LogP contribution in [-0.4, -0.2) is 31.4 Å². The molecule has 10 heteroatoms. The minimum absolute atomic E-state index is 0.00668. The van der Waals surface area contributed by atoms with Crippen molar-refractivity contribution in [2.24, 2.45) is 7.05 Å². The van der Waals surface area contributed by atoms with Gasteiger partial charge in [0.2, 0.25) is 0 Å². The number of halogens is 4. The van der Waals surface area contributed by atoms with Crippen LogP contribution in [-0.2, 0) is 18.6 Å². The summed E-state index contributed by atoms with van der Waals surface area (Å²) in [6.45, 7) is 1.89. The molecule has 0 atom stereocenters. The minimum Gasteiger partial charge on any atom is -0.495 e. The third-order valence-corrected chi connectivity index (χ3v) is 6.18. The van der Waals surface area contributed by atoms with Crippen LogP contribution in [0.15, 0.2) is 48.9 Å². The fraction of sp³-hybridized carbons (Fsp3) is 0.292. The number of hydrogen-bond acceptors (Lipinski definition) is 4. The molecule has 0 unspecified atom stereocenters. The van der Waals surface area contributed by atoms with E-state index in [2.05, 4.69) is 15.1 Å². The predicted molar refractivity (Wildman–Crippen MR) is 116 cm³/mol. The van der Waals surface area contributed by atoms with Gasteiger partial charge in [0.25, 0.3) is 0 Å². The fourth-order valence-electron chi connectivity index (χ4n) is 4.31. The SMILES string of the molecule is COc1cc(-c2nc(C3(c4cc(C(F)(F)F)ccc4F)CC3)n(C)n2)ccc1-n1cnc(C)c1. The summed E-state index contributed by atoms with van der Waals surface area (Å²) in [5.41, 5.74) is 0.482. The van der Waals surface area contributed by atoms with Gasteiger partial charge >= 0.3 is 6.18 Å². The number of ether oxygens (including phenoxy) is 1. The molecular weight excluding hydrogens is 450 g/mol. The summed E-state index contributed by atoms with van der Waals surface area (Å²) in [7, 11) is 3.22. The monoisotopic (exact) mass is 471 g/mol. The van der Waals surface area contributed by atoms with Crippen molar-refractivity contribution >= 4 is 0 Å². The van der Waals surface area contributed by atoms with Crippen molar-refractivity contribution in [3.8, 4) is 22.8 Å².